The molecule has 0 aromatic carbocycles. The van der Waals surface area contributed by atoms with Crippen molar-refractivity contribution in [3.8, 4) is 0 Å². The standard InChI is InChI=1S/C13H22N2O4/c1-9(16)14-7-10-11(8-14)18-6-5-15(10)12(17)19-13(2,3)4/h10-11H,5-8H2,1-4H3. The third-order valence-corrected chi connectivity index (χ3v) is 3.37. The number of hydrogen-bond donors (Lipinski definition) is 0. The molecule has 0 aromatic heterocycles. The monoisotopic (exact) mass is 270 g/mol. The Morgan fingerprint density at radius 2 is 1.95 bits per heavy atom. The van der Waals surface area contributed by atoms with E-state index in [2.05, 4.69) is 0 Å². The fraction of sp³-hybridized carbons (Fsp3) is 0.846. The smallest absolute Gasteiger partial charge is 0.410 e. The van der Waals surface area contributed by atoms with Crippen molar-refractivity contribution in [3.05, 3.63) is 0 Å². The lowest BCUT2D eigenvalue weighted by Crippen LogP contribution is -2.54. The van der Waals surface area contributed by atoms with Gasteiger partial charge in [0.15, 0.2) is 0 Å². The lowest BCUT2D eigenvalue weighted by atomic mass is 10.1. The van der Waals surface area contributed by atoms with Crippen LogP contribution in [-0.4, -0.2) is 65.8 Å². The summed E-state index contributed by atoms with van der Waals surface area (Å²) in [5.74, 6) is 0.0159. The van der Waals surface area contributed by atoms with Crippen molar-refractivity contribution < 1.29 is 19.1 Å². The van der Waals surface area contributed by atoms with Gasteiger partial charge in [-0.3, -0.25) is 9.69 Å². The Bertz CT molecular complexity index is 377. The van der Waals surface area contributed by atoms with Crippen LogP contribution in [0.2, 0.25) is 0 Å². The molecule has 0 aromatic rings. The molecule has 108 valence electrons. The summed E-state index contributed by atoms with van der Waals surface area (Å²) in [5.41, 5.74) is -0.510. The second kappa shape index (κ2) is 5.00. The summed E-state index contributed by atoms with van der Waals surface area (Å²) in [6.07, 6.45) is -0.415. The molecule has 2 heterocycles. The van der Waals surface area contributed by atoms with Crippen molar-refractivity contribution in [2.45, 2.75) is 45.4 Å². The predicted octanol–water partition coefficient (Wildman–Crippen LogP) is 0.853. The molecule has 0 saturated carbocycles. The summed E-state index contributed by atoms with van der Waals surface area (Å²) >= 11 is 0. The fourth-order valence-electron chi connectivity index (χ4n) is 2.49. The Labute approximate surface area is 113 Å². The number of amides is 2. The molecule has 19 heavy (non-hydrogen) atoms. The van der Waals surface area contributed by atoms with Gasteiger partial charge in [0, 0.05) is 26.6 Å². The molecule has 0 radical (unpaired) electrons. The number of fused-ring (bicyclic) bond motifs is 1. The van der Waals surface area contributed by atoms with Crippen molar-refractivity contribution in [1.29, 1.82) is 0 Å². The molecule has 2 amide bonds. The second-order valence-electron chi connectivity index (χ2n) is 6.07. The zero-order valence-electron chi connectivity index (χ0n) is 12.0. The first-order valence-corrected chi connectivity index (χ1v) is 6.64. The van der Waals surface area contributed by atoms with E-state index in [9.17, 15) is 9.59 Å². The highest BCUT2D eigenvalue weighted by Crippen LogP contribution is 2.24. The van der Waals surface area contributed by atoms with Crippen LogP contribution in [0.3, 0.4) is 0 Å². The number of carbonyl (C=O) groups excluding carboxylic acids is 2. The molecule has 2 atom stereocenters. The summed E-state index contributed by atoms with van der Waals surface area (Å²) in [6.45, 7) is 9.17. The molecule has 0 spiro atoms. The minimum absolute atomic E-state index is 0.0159. The van der Waals surface area contributed by atoms with E-state index < -0.39 is 5.60 Å². The van der Waals surface area contributed by atoms with Crippen LogP contribution in [-0.2, 0) is 14.3 Å². The average Bonchev–Trinajstić information content (AvgIpc) is 2.69. The van der Waals surface area contributed by atoms with Crippen molar-refractivity contribution in [1.82, 2.24) is 9.80 Å². The Balaban J connectivity index is 2.05. The van der Waals surface area contributed by atoms with Gasteiger partial charge in [0.25, 0.3) is 0 Å². The molecule has 0 bridgehead atoms. The van der Waals surface area contributed by atoms with Crippen LogP contribution in [0.5, 0.6) is 0 Å². The third-order valence-electron chi connectivity index (χ3n) is 3.37. The van der Waals surface area contributed by atoms with Crippen LogP contribution in [0.15, 0.2) is 0 Å². The maximum Gasteiger partial charge on any atom is 0.410 e. The zero-order valence-corrected chi connectivity index (χ0v) is 12.0. The molecule has 2 fully saturated rings. The summed E-state index contributed by atoms with van der Waals surface area (Å²) in [4.78, 5) is 27.0. The van der Waals surface area contributed by atoms with Gasteiger partial charge in [0.2, 0.25) is 5.91 Å². The van der Waals surface area contributed by atoms with Crippen molar-refractivity contribution in [2.24, 2.45) is 0 Å². The number of ether oxygens (including phenoxy) is 2. The predicted molar refractivity (Wildman–Crippen MR) is 68.7 cm³/mol. The van der Waals surface area contributed by atoms with E-state index in [4.69, 9.17) is 9.47 Å². The van der Waals surface area contributed by atoms with Gasteiger partial charge in [0.05, 0.1) is 18.8 Å². The van der Waals surface area contributed by atoms with Gasteiger partial charge in [-0.2, -0.15) is 0 Å². The lowest BCUT2D eigenvalue weighted by molar-refractivity contribution is -0.128. The van der Waals surface area contributed by atoms with Gasteiger partial charge in [0.1, 0.15) is 5.60 Å². The van der Waals surface area contributed by atoms with Crippen LogP contribution >= 0.6 is 0 Å². The minimum atomic E-state index is -0.510. The van der Waals surface area contributed by atoms with E-state index in [0.29, 0.717) is 26.2 Å². The van der Waals surface area contributed by atoms with Gasteiger partial charge in [-0.15, -0.1) is 0 Å². The van der Waals surface area contributed by atoms with Gasteiger partial charge in [-0.1, -0.05) is 0 Å². The number of hydrogen-bond acceptors (Lipinski definition) is 4. The summed E-state index contributed by atoms with van der Waals surface area (Å²) in [7, 11) is 0. The minimum Gasteiger partial charge on any atom is -0.444 e. The maximum absolute atomic E-state index is 12.2. The van der Waals surface area contributed by atoms with Crippen molar-refractivity contribution >= 4 is 12.0 Å². The van der Waals surface area contributed by atoms with Crippen LogP contribution in [0.1, 0.15) is 27.7 Å². The molecule has 2 aliphatic rings. The van der Waals surface area contributed by atoms with Crippen LogP contribution in [0.4, 0.5) is 4.79 Å². The number of likely N-dealkylation sites (tertiary alicyclic amines) is 1. The first kappa shape index (κ1) is 14.1. The Morgan fingerprint density at radius 1 is 1.26 bits per heavy atom. The van der Waals surface area contributed by atoms with Gasteiger partial charge >= 0.3 is 6.09 Å². The normalized spacial score (nSPS) is 27.2. The Hall–Kier alpha value is -1.30. The van der Waals surface area contributed by atoms with E-state index in [0.717, 1.165) is 0 Å². The SMILES string of the molecule is CC(=O)N1CC2OCCN(C(=O)OC(C)(C)C)C2C1. The first-order chi connectivity index (χ1) is 8.78. The van der Waals surface area contributed by atoms with Gasteiger partial charge in [-0.25, -0.2) is 4.79 Å². The highest BCUT2D eigenvalue weighted by molar-refractivity contribution is 5.74. The second-order valence-corrected chi connectivity index (χ2v) is 6.07. The highest BCUT2D eigenvalue weighted by atomic mass is 16.6. The Kier molecular flexibility index (Phi) is 3.71. The van der Waals surface area contributed by atoms with E-state index in [1.807, 2.05) is 20.8 Å². The number of rotatable bonds is 0. The maximum atomic E-state index is 12.2. The average molecular weight is 270 g/mol. The molecule has 2 unspecified atom stereocenters. The first-order valence-electron chi connectivity index (χ1n) is 6.64. The molecule has 2 aliphatic heterocycles. The quantitative estimate of drug-likeness (QED) is 0.655. The van der Waals surface area contributed by atoms with Crippen LogP contribution in [0.25, 0.3) is 0 Å². The van der Waals surface area contributed by atoms with Crippen LogP contribution in [0, 0.1) is 0 Å². The topological polar surface area (TPSA) is 59.1 Å². The highest BCUT2D eigenvalue weighted by Gasteiger charge is 2.44. The van der Waals surface area contributed by atoms with Gasteiger partial charge in [-0.05, 0) is 20.8 Å². The summed E-state index contributed by atoms with van der Waals surface area (Å²) < 4.78 is 11.1. The molecule has 0 N–H and O–H groups in total. The van der Waals surface area contributed by atoms with E-state index in [-0.39, 0.29) is 24.1 Å². The number of nitrogens with zero attached hydrogens (tertiary/aromatic N) is 2. The zero-order chi connectivity index (χ0) is 14.2. The molecule has 6 nitrogen and oxygen atoms in total. The molecular formula is C13H22N2O4. The van der Waals surface area contributed by atoms with Crippen LogP contribution < -0.4 is 0 Å². The molecule has 6 heteroatoms. The van der Waals surface area contributed by atoms with Crippen molar-refractivity contribution in [2.75, 3.05) is 26.2 Å². The molecule has 0 aliphatic carbocycles. The van der Waals surface area contributed by atoms with E-state index in [1.54, 1.807) is 9.80 Å². The fourth-order valence-corrected chi connectivity index (χ4v) is 2.49. The third kappa shape index (κ3) is 3.18. The lowest BCUT2D eigenvalue weighted by Gasteiger charge is -2.37. The molecule has 2 saturated heterocycles. The van der Waals surface area contributed by atoms with Gasteiger partial charge < -0.3 is 14.4 Å². The van der Waals surface area contributed by atoms with Crippen molar-refractivity contribution in [3.63, 3.8) is 0 Å². The summed E-state index contributed by atoms with van der Waals surface area (Å²) in [6, 6.07) is -0.0903. The number of carbonyl (C=O) groups is 2. The summed E-state index contributed by atoms with van der Waals surface area (Å²) in [5, 5.41) is 0. The Morgan fingerprint density at radius 3 is 2.53 bits per heavy atom. The molecular weight excluding hydrogens is 248 g/mol. The van der Waals surface area contributed by atoms with E-state index in [1.165, 1.54) is 6.92 Å². The number of morpholine rings is 1. The van der Waals surface area contributed by atoms with E-state index >= 15 is 0 Å². The largest absolute Gasteiger partial charge is 0.444 e. The molecule has 2 rings (SSSR count).